The van der Waals surface area contributed by atoms with Gasteiger partial charge in [-0.2, -0.15) is 0 Å². The topological polar surface area (TPSA) is 109 Å². The number of carbonyl (C=O) groups is 2. The quantitative estimate of drug-likeness (QED) is 0.347. The summed E-state index contributed by atoms with van der Waals surface area (Å²) in [4.78, 5) is 31.7. The first-order chi connectivity index (χ1) is 13.1. The van der Waals surface area contributed by atoms with Crippen molar-refractivity contribution in [3.05, 3.63) is 65.8 Å². The van der Waals surface area contributed by atoms with Crippen molar-refractivity contribution in [2.24, 2.45) is 7.05 Å². The maximum atomic E-state index is 12.1. The molecular weight excluding hydrogens is 346 g/mol. The second kappa shape index (κ2) is 8.24. The lowest BCUT2D eigenvalue weighted by atomic mass is 10.2. The lowest BCUT2D eigenvalue weighted by Gasteiger charge is -2.05. The smallest absolute Gasteiger partial charge is 0.267 e. The Morgan fingerprint density at radius 1 is 1.30 bits per heavy atom. The highest BCUT2D eigenvalue weighted by atomic mass is 16.5. The molecule has 0 aliphatic rings. The maximum absolute atomic E-state index is 12.1. The minimum Gasteiger partial charge on any atom is -0.349 e. The molecule has 0 fully saturated rings. The molecule has 3 N–H and O–H groups in total. The van der Waals surface area contributed by atoms with Gasteiger partial charge < -0.3 is 9.88 Å². The molecule has 1 aromatic carbocycles. The van der Waals surface area contributed by atoms with Crippen LogP contribution in [0.5, 0.6) is 0 Å². The number of amides is 2. The van der Waals surface area contributed by atoms with Gasteiger partial charge in [-0.15, -0.1) is 0 Å². The molecule has 3 rings (SSSR count). The van der Waals surface area contributed by atoms with Gasteiger partial charge in [0.2, 0.25) is 5.91 Å². The number of nitrogens with one attached hydrogen (secondary N) is 2. The summed E-state index contributed by atoms with van der Waals surface area (Å²) >= 11 is 0. The first kappa shape index (κ1) is 18.3. The Morgan fingerprint density at radius 3 is 2.89 bits per heavy atom. The first-order valence-corrected chi connectivity index (χ1v) is 8.30. The Bertz CT molecular complexity index is 995. The molecule has 0 saturated carbocycles. The highest BCUT2D eigenvalue weighted by Gasteiger charge is 2.10. The molecule has 2 aromatic heterocycles. The summed E-state index contributed by atoms with van der Waals surface area (Å²) in [6, 6.07) is 9.21. The molecule has 0 aliphatic carbocycles. The second-order valence-corrected chi connectivity index (χ2v) is 5.96. The summed E-state index contributed by atoms with van der Waals surface area (Å²) in [6.07, 6.45) is 6.40. The van der Waals surface area contributed by atoms with Gasteiger partial charge in [0.1, 0.15) is 5.82 Å². The van der Waals surface area contributed by atoms with Gasteiger partial charge in [0.15, 0.2) is 0 Å². The number of hydrogen-bond donors (Lipinski definition) is 3. The summed E-state index contributed by atoms with van der Waals surface area (Å²) in [5.74, 6) is 0.0144. The number of nitrogens with zero attached hydrogens (tertiary/aromatic N) is 3. The average molecular weight is 365 g/mol. The van der Waals surface area contributed by atoms with Gasteiger partial charge in [0.25, 0.3) is 5.91 Å². The third-order valence-electron chi connectivity index (χ3n) is 4.07. The van der Waals surface area contributed by atoms with Crippen LogP contribution in [0, 0.1) is 0 Å². The van der Waals surface area contributed by atoms with Crippen LogP contribution in [-0.4, -0.2) is 31.6 Å². The van der Waals surface area contributed by atoms with Crippen molar-refractivity contribution in [3.8, 4) is 0 Å². The zero-order chi connectivity index (χ0) is 19.2. The van der Waals surface area contributed by atoms with E-state index < -0.39 is 5.91 Å². The molecule has 0 bridgehead atoms. The number of hydrogen-bond acceptors (Lipinski definition) is 5. The lowest BCUT2D eigenvalue weighted by Crippen LogP contribution is -2.26. The number of benzene rings is 1. The van der Waals surface area contributed by atoms with Crippen molar-refractivity contribution in [3.63, 3.8) is 0 Å². The monoisotopic (exact) mass is 365 g/mol. The number of aromatic nitrogens is 3. The van der Waals surface area contributed by atoms with Crippen LogP contribution in [0.4, 0.5) is 0 Å². The zero-order valence-corrected chi connectivity index (χ0v) is 14.7. The molecule has 0 saturated heterocycles. The van der Waals surface area contributed by atoms with E-state index in [9.17, 15) is 9.59 Å². The third-order valence-corrected chi connectivity index (χ3v) is 4.07. The van der Waals surface area contributed by atoms with Crippen LogP contribution in [0.3, 0.4) is 0 Å². The Labute approximate surface area is 155 Å². The van der Waals surface area contributed by atoms with E-state index in [0.29, 0.717) is 6.54 Å². The fraction of sp³-hybridized carbons (Fsp3) is 0.158. The van der Waals surface area contributed by atoms with E-state index in [1.54, 1.807) is 30.0 Å². The number of imidazole rings is 1. The molecule has 3 aromatic rings. The van der Waals surface area contributed by atoms with Crippen LogP contribution in [-0.2, 0) is 29.6 Å². The van der Waals surface area contributed by atoms with Crippen molar-refractivity contribution in [1.29, 1.82) is 0 Å². The predicted molar refractivity (Wildman–Crippen MR) is 99.5 cm³/mol. The van der Waals surface area contributed by atoms with Gasteiger partial charge in [0, 0.05) is 25.5 Å². The van der Waals surface area contributed by atoms with Crippen molar-refractivity contribution in [2.75, 3.05) is 0 Å². The van der Waals surface area contributed by atoms with E-state index in [1.165, 1.54) is 6.08 Å². The lowest BCUT2D eigenvalue weighted by molar-refractivity contribution is -0.124. The fourth-order valence-electron chi connectivity index (χ4n) is 2.67. The summed E-state index contributed by atoms with van der Waals surface area (Å²) < 4.78 is 1.91. The fourth-order valence-corrected chi connectivity index (χ4v) is 2.67. The Morgan fingerprint density at radius 2 is 2.15 bits per heavy atom. The summed E-state index contributed by atoms with van der Waals surface area (Å²) in [7, 11) is 1.88. The van der Waals surface area contributed by atoms with Gasteiger partial charge in [-0.1, -0.05) is 12.1 Å². The molecular formula is C19H19N5O3. The minimum atomic E-state index is -0.604. The second-order valence-electron chi connectivity index (χ2n) is 5.96. The molecule has 138 valence electrons. The molecule has 0 unspecified atom stereocenters. The Kier molecular flexibility index (Phi) is 5.58. The van der Waals surface area contributed by atoms with E-state index in [1.807, 2.05) is 35.9 Å². The molecule has 8 heteroatoms. The average Bonchev–Trinajstić information content (AvgIpc) is 3.00. The van der Waals surface area contributed by atoms with Crippen molar-refractivity contribution >= 4 is 28.9 Å². The highest BCUT2D eigenvalue weighted by molar-refractivity contribution is 5.91. The number of aryl methyl sites for hydroxylation is 1. The standard InChI is InChI=1S/C19H19N5O3/c1-24-16-6-4-13(5-7-18(25)23-27)9-15(16)22-17(24)12-21-19(26)10-14-3-2-8-20-11-14/h2-9,11,27H,10,12H2,1H3,(H,21,26)(H,23,25). The van der Waals surface area contributed by atoms with E-state index in [-0.39, 0.29) is 12.3 Å². The summed E-state index contributed by atoms with van der Waals surface area (Å²) in [5, 5.41) is 11.4. The van der Waals surface area contributed by atoms with Crippen LogP contribution in [0.15, 0.2) is 48.8 Å². The van der Waals surface area contributed by atoms with E-state index in [4.69, 9.17) is 5.21 Å². The van der Waals surface area contributed by atoms with E-state index >= 15 is 0 Å². The molecule has 0 spiro atoms. The summed E-state index contributed by atoms with van der Waals surface area (Å²) in [6.45, 7) is 0.308. The van der Waals surface area contributed by atoms with Crippen molar-refractivity contribution in [2.45, 2.75) is 13.0 Å². The first-order valence-electron chi connectivity index (χ1n) is 8.30. The van der Waals surface area contributed by atoms with E-state index in [2.05, 4.69) is 15.3 Å². The van der Waals surface area contributed by atoms with Crippen LogP contribution in [0.1, 0.15) is 17.0 Å². The third kappa shape index (κ3) is 4.56. The van der Waals surface area contributed by atoms with Crippen LogP contribution in [0.2, 0.25) is 0 Å². The van der Waals surface area contributed by atoms with Crippen molar-refractivity contribution < 1.29 is 14.8 Å². The Hall–Kier alpha value is -3.52. The molecule has 0 radical (unpaired) electrons. The molecule has 2 heterocycles. The van der Waals surface area contributed by atoms with Gasteiger partial charge in [-0.3, -0.25) is 19.8 Å². The largest absolute Gasteiger partial charge is 0.349 e. The number of fused-ring (bicyclic) bond motifs is 1. The molecule has 8 nitrogen and oxygen atoms in total. The zero-order valence-electron chi connectivity index (χ0n) is 14.7. The van der Waals surface area contributed by atoms with Gasteiger partial charge in [0.05, 0.1) is 24.0 Å². The number of carbonyl (C=O) groups excluding carboxylic acids is 2. The molecule has 2 amide bonds. The Balaban J connectivity index is 1.69. The normalized spacial score (nSPS) is 11.0. The van der Waals surface area contributed by atoms with Gasteiger partial charge in [-0.25, -0.2) is 10.5 Å². The van der Waals surface area contributed by atoms with Crippen molar-refractivity contribution in [1.82, 2.24) is 25.3 Å². The molecule has 0 atom stereocenters. The maximum Gasteiger partial charge on any atom is 0.267 e. The number of pyridine rings is 1. The molecule has 0 aliphatic heterocycles. The number of hydroxylamine groups is 1. The van der Waals surface area contributed by atoms with E-state index in [0.717, 1.165) is 28.0 Å². The van der Waals surface area contributed by atoms with Crippen LogP contribution in [0.25, 0.3) is 17.1 Å². The summed E-state index contributed by atoms with van der Waals surface area (Å²) in [5.41, 5.74) is 4.83. The number of rotatable bonds is 6. The van der Waals surface area contributed by atoms with Gasteiger partial charge >= 0.3 is 0 Å². The predicted octanol–water partition coefficient (Wildman–Crippen LogP) is 1.35. The van der Waals surface area contributed by atoms with Crippen LogP contribution < -0.4 is 10.8 Å². The molecule has 27 heavy (non-hydrogen) atoms. The van der Waals surface area contributed by atoms with Crippen LogP contribution >= 0.6 is 0 Å². The van der Waals surface area contributed by atoms with Gasteiger partial charge in [-0.05, 0) is 35.4 Å². The minimum absolute atomic E-state index is 0.103. The highest BCUT2D eigenvalue weighted by Crippen LogP contribution is 2.17. The SMILES string of the molecule is Cn1c(CNC(=O)Cc2cccnc2)nc2cc(C=CC(=O)NO)ccc21.